The molecule has 3 heterocycles. The number of anilines is 1. The van der Waals surface area contributed by atoms with Crippen LogP contribution < -0.4 is 10.1 Å². The monoisotopic (exact) mass is 372 g/mol. The molecule has 0 saturated carbocycles. The quantitative estimate of drug-likeness (QED) is 0.530. The third-order valence-corrected chi connectivity index (χ3v) is 5.74. The summed E-state index contributed by atoms with van der Waals surface area (Å²) >= 11 is 1.73. The topological polar surface area (TPSA) is 73.4 Å². The van der Waals surface area contributed by atoms with Crippen LogP contribution in [0.2, 0.25) is 0 Å². The molecule has 138 valence electrons. The highest BCUT2D eigenvalue weighted by atomic mass is 32.1. The van der Waals surface area contributed by atoms with Gasteiger partial charge in [-0.25, -0.2) is 0 Å². The van der Waals surface area contributed by atoms with Crippen molar-refractivity contribution in [1.29, 1.82) is 0 Å². The summed E-state index contributed by atoms with van der Waals surface area (Å²) < 4.78 is 7.13. The maximum atomic E-state index is 8.91. The molecule has 4 rings (SSSR count). The molecule has 0 saturated heterocycles. The van der Waals surface area contributed by atoms with Gasteiger partial charge in [-0.1, -0.05) is 6.07 Å². The Morgan fingerprint density at radius 1 is 1.35 bits per heavy atom. The number of ether oxygens (including phenoxy) is 1. The number of rotatable bonds is 8. The Morgan fingerprint density at radius 2 is 2.27 bits per heavy atom. The first-order valence-corrected chi connectivity index (χ1v) is 9.85. The molecule has 0 spiro atoms. The van der Waals surface area contributed by atoms with E-state index in [-0.39, 0.29) is 12.6 Å². The lowest BCUT2D eigenvalue weighted by atomic mass is 10.1. The number of aliphatic hydroxyl groups excluding tert-OH is 1. The van der Waals surface area contributed by atoms with Gasteiger partial charge in [-0.05, 0) is 36.5 Å². The average molecular weight is 372 g/mol. The molecular weight excluding hydrogens is 348 g/mol. The number of fused-ring (bicyclic) bond motifs is 2. The van der Waals surface area contributed by atoms with Gasteiger partial charge in [0.25, 0.3) is 0 Å². The lowest BCUT2D eigenvalue weighted by Gasteiger charge is -2.15. The third kappa shape index (κ3) is 3.56. The molecule has 2 aromatic heterocycles. The zero-order valence-electron chi connectivity index (χ0n) is 14.9. The average Bonchev–Trinajstić information content (AvgIpc) is 3.33. The van der Waals surface area contributed by atoms with E-state index in [0.29, 0.717) is 13.2 Å². The first-order chi connectivity index (χ1) is 12.7. The number of hydrogen-bond acceptors (Lipinski definition) is 6. The SMILES string of the molecule is CN(CCO)CCCOc1ccc2c(c1)NC(c1[nH]nc3ccsc13)C2. The van der Waals surface area contributed by atoms with Crippen LogP contribution in [0.5, 0.6) is 5.75 Å². The van der Waals surface area contributed by atoms with Crippen LogP contribution in [0, 0.1) is 0 Å². The number of nitrogens with zero attached hydrogens (tertiary/aromatic N) is 2. The fourth-order valence-electron chi connectivity index (χ4n) is 3.40. The Kier molecular flexibility index (Phi) is 5.10. The maximum absolute atomic E-state index is 8.91. The van der Waals surface area contributed by atoms with Gasteiger partial charge in [0.1, 0.15) is 11.3 Å². The van der Waals surface area contributed by atoms with Crippen molar-refractivity contribution in [2.24, 2.45) is 0 Å². The molecule has 1 atom stereocenters. The van der Waals surface area contributed by atoms with Gasteiger partial charge >= 0.3 is 0 Å². The van der Waals surface area contributed by atoms with Crippen molar-refractivity contribution in [3.8, 4) is 5.75 Å². The van der Waals surface area contributed by atoms with Crippen LogP contribution in [0.1, 0.15) is 23.7 Å². The Bertz CT molecular complexity index is 875. The summed E-state index contributed by atoms with van der Waals surface area (Å²) in [4.78, 5) is 2.11. The number of hydrogen-bond donors (Lipinski definition) is 3. The van der Waals surface area contributed by atoms with Gasteiger partial charge < -0.3 is 20.1 Å². The van der Waals surface area contributed by atoms with E-state index in [9.17, 15) is 0 Å². The maximum Gasteiger partial charge on any atom is 0.121 e. The van der Waals surface area contributed by atoms with Gasteiger partial charge in [0.2, 0.25) is 0 Å². The van der Waals surface area contributed by atoms with E-state index in [4.69, 9.17) is 9.84 Å². The number of aliphatic hydroxyl groups is 1. The Morgan fingerprint density at radius 3 is 3.15 bits per heavy atom. The minimum atomic E-state index is 0.198. The predicted molar refractivity (Wildman–Crippen MR) is 105 cm³/mol. The van der Waals surface area contributed by atoms with Crippen LogP contribution in [0.3, 0.4) is 0 Å². The van der Waals surface area contributed by atoms with Gasteiger partial charge in [0.15, 0.2) is 0 Å². The zero-order chi connectivity index (χ0) is 17.9. The van der Waals surface area contributed by atoms with Crippen LogP contribution in [0.25, 0.3) is 10.2 Å². The number of thiophene rings is 1. The number of H-pyrrole nitrogens is 1. The molecule has 6 nitrogen and oxygen atoms in total. The molecular formula is C19H24N4O2S. The summed E-state index contributed by atoms with van der Waals surface area (Å²) in [5.74, 6) is 0.896. The van der Waals surface area contributed by atoms with Gasteiger partial charge in [0, 0.05) is 31.3 Å². The highest BCUT2D eigenvalue weighted by Crippen LogP contribution is 2.38. The van der Waals surface area contributed by atoms with Crippen molar-refractivity contribution >= 4 is 27.2 Å². The summed E-state index contributed by atoms with van der Waals surface area (Å²) in [6.07, 6.45) is 1.89. The van der Waals surface area contributed by atoms with Crippen molar-refractivity contribution in [3.63, 3.8) is 0 Å². The molecule has 3 aromatic rings. The number of nitrogens with one attached hydrogen (secondary N) is 2. The highest BCUT2D eigenvalue weighted by molar-refractivity contribution is 7.17. The number of benzene rings is 1. The second-order valence-corrected chi connectivity index (χ2v) is 7.64. The fourth-order valence-corrected chi connectivity index (χ4v) is 4.28. The Hall–Kier alpha value is -2.09. The van der Waals surface area contributed by atoms with E-state index in [1.54, 1.807) is 11.3 Å². The van der Waals surface area contributed by atoms with Crippen molar-refractivity contribution in [1.82, 2.24) is 15.1 Å². The molecule has 0 fully saturated rings. The van der Waals surface area contributed by atoms with E-state index in [0.717, 1.165) is 36.3 Å². The first-order valence-electron chi connectivity index (χ1n) is 8.97. The summed E-state index contributed by atoms with van der Waals surface area (Å²) in [7, 11) is 2.01. The molecule has 1 unspecified atom stereocenters. The molecule has 26 heavy (non-hydrogen) atoms. The fraction of sp³-hybridized carbons (Fsp3) is 0.421. The number of aromatic nitrogens is 2. The van der Waals surface area contributed by atoms with E-state index >= 15 is 0 Å². The predicted octanol–water partition coefficient (Wildman–Crippen LogP) is 3.03. The van der Waals surface area contributed by atoms with Crippen molar-refractivity contribution < 1.29 is 9.84 Å². The largest absolute Gasteiger partial charge is 0.493 e. The lowest BCUT2D eigenvalue weighted by Crippen LogP contribution is -2.24. The van der Waals surface area contributed by atoms with Crippen molar-refractivity contribution in [2.45, 2.75) is 18.9 Å². The molecule has 0 radical (unpaired) electrons. The number of aromatic amines is 1. The van der Waals surface area contributed by atoms with Gasteiger partial charge in [-0.2, -0.15) is 5.10 Å². The summed E-state index contributed by atoms with van der Waals surface area (Å²) in [6, 6.07) is 8.57. The third-order valence-electron chi connectivity index (χ3n) is 4.80. The standard InChI is InChI=1S/C19H24N4O2S/c1-23(7-8-24)6-2-9-25-14-4-3-13-11-17(20-16(13)12-14)18-19-15(21-22-18)5-10-26-19/h3-5,10,12,17,20,24H,2,6-9,11H2,1H3,(H,21,22). The zero-order valence-corrected chi connectivity index (χ0v) is 15.7. The minimum absolute atomic E-state index is 0.198. The Labute approximate surface area is 156 Å². The minimum Gasteiger partial charge on any atom is -0.493 e. The van der Waals surface area contributed by atoms with Crippen LogP contribution in [-0.2, 0) is 6.42 Å². The van der Waals surface area contributed by atoms with Crippen LogP contribution in [0.4, 0.5) is 5.69 Å². The van der Waals surface area contributed by atoms with Gasteiger partial charge in [-0.3, -0.25) is 5.10 Å². The molecule has 1 aromatic carbocycles. The van der Waals surface area contributed by atoms with Gasteiger partial charge in [0.05, 0.1) is 29.6 Å². The number of likely N-dealkylation sites (N-methyl/N-ethyl adjacent to an activating group) is 1. The molecule has 0 aliphatic carbocycles. The molecule has 7 heteroatoms. The second kappa shape index (κ2) is 7.65. The van der Waals surface area contributed by atoms with E-state index < -0.39 is 0 Å². The van der Waals surface area contributed by atoms with Crippen LogP contribution >= 0.6 is 11.3 Å². The van der Waals surface area contributed by atoms with E-state index in [1.165, 1.54) is 16.0 Å². The van der Waals surface area contributed by atoms with E-state index in [1.807, 2.05) is 19.2 Å². The molecule has 3 N–H and O–H groups in total. The summed E-state index contributed by atoms with van der Waals surface area (Å²) in [6.45, 7) is 2.50. The van der Waals surface area contributed by atoms with Crippen molar-refractivity contribution in [3.05, 3.63) is 40.9 Å². The Balaban J connectivity index is 1.35. The smallest absolute Gasteiger partial charge is 0.121 e. The lowest BCUT2D eigenvalue weighted by molar-refractivity contribution is 0.207. The summed E-state index contributed by atoms with van der Waals surface area (Å²) in [5.41, 5.74) is 4.66. The van der Waals surface area contributed by atoms with Crippen molar-refractivity contribution in [2.75, 3.05) is 38.7 Å². The van der Waals surface area contributed by atoms with Gasteiger partial charge in [-0.15, -0.1) is 11.3 Å². The normalized spacial score (nSPS) is 16.2. The van der Waals surface area contributed by atoms with E-state index in [2.05, 4.69) is 37.9 Å². The highest BCUT2D eigenvalue weighted by Gasteiger charge is 2.26. The molecule has 1 aliphatic heterocycles. The molecule has 1 aliphatic rings. The molecule has 0 amide bonds. The molecule has 0 bridgehead atoms. The van der Waals surface area contributed by atoms with Crippen LogP contribution in [0.15, 0.2) is 29.6 Å². The summed E-state index contributed by atoms with van der Waals surface area (Å²) in [5, 5.41) is 22.2. The van der Waals surface area contributed by atoms with Crippen LogP contribution in [-0.4, -0.2) is 53.6 Å². The second-order valence-electron chi connectivity index (χ2n) is 6.72. The first kappa shape index (κ1) is 17.3.